The zero-order valence-electron chi connectivity index (χ0n) is 15.1. The second-order valence-electron chi connectivity index (χ2n) is 5.79. The van der Waals surface area contributed by atoms with Crippen molar-refractivity contribution in [2.45, 2.75) is 13.0 Å². The molecule has 2 aromatic rings. The van der Waals surface area contributed by atoms with Gasteiger partial charge in [-0.15, -0.1) is 24.0 Å². The van der Waals surface area contributed by atoms with Crippen LogP contribution in [0.1, 0.15) is 12.0 Å². The lowest BCUT2D eigenvalue weighted by molar-refractivity contribution is 0.414. The Labute approximate surface area is 171 Å². The molecule has 26 heavy (non-hydrogen) atoms. The molecular weight excluding hydrogens is 443 g/mol. The third-order valence-electron chi connectivity index (χ3n) is 4.25. The standard InChI is InChI=1S/C18H24N6O.HI/c1-19-18(21-8-11-24-14-20-13-22-24)23-9-6-15(7-10-23)16-4-3-5-17(12-16)25-2;/h3-6,12-14H,7-11H2,1-2H3,(H,19,21);1H. The van der Waals surface area contributed by atoms with E-state index in [9.17, 15) is 0 Å². The quantitative estimate of drug-likeness (QED) is 0.415. The average Bonchev–Trinajstić information content (AvgIpc) is 3.19. The molecule has 1 aliphatic rings. The monoisotopic (exact) mass is 468 g/mol. The minimum Gasteiger partial charge on any atom is -0.497 e. The normalized spacial score (nSPS) is 14.5. The van der Waals surface area contributed by atoms with Gasteiger partial charge in [-0.05, 0) is 29.7 Å². The summed E-state index contributed by atoms with van der Waals surface area (Å²) < 4.78 is 7.12. The molecular formula is C18H25IN6O. The summed E-state index contributed by atoms with van der Waals surface area (Å²) in [5.41, 5.74) is 2.58. The van der Waals surface area contributed by atoms with Crippen LogP contribution in [0.4, 0.5) is 0 Å². The summed E-state index contributed by atoms with van der Waals surface area (Å²) in [5, 5.41) is 7.49. The number of aromatic nitrogens is 3. The van der Waals surface area contributed by atoms with E-state index >= 15 is 0 Å². The third-order valence-corrected chi connectivity index (χ3v) is 4.25. The van der Waals surface area contributed by atoms with Gasteiger partial charge in [0, 0.05) is 26.7 Å². The van der Waals surface area contributed by atoms with Gasteiger partial charge >= 0.3 is 0 Å². The maximum absolute atomic E-state index is 5.32. The Balaban J connectivity index is 0.00000243. The molecule has 0 amide bonds. The highest BCUT2D eigenvalue weighted by molar-refractivity contribution is 14.0. The first-order valence-electron chi connectivity index (χ1n) is 8.41. The summed E-state index contributed by atoms with van der Waals surface area (Å²) in [7, 11) is 3.52. The lowest BCUT2D eigenvalue weighted by Crippen LogP contribution is -2.44. The Morgan fingerprint density at radius 3 is 2.92 bits per heavy atom. The van der Waals surface area contributed by atoms with Crippen molar-refractivity contribution in [1.82, 2.24) is 25.0 Å². The van der Waals surface area contributed by atoms with Crippen LogP contribution in [-0.2, 0) is 6.54 Å². The van der Waals surface area contributed by atoms with E-state index in [0.29, 0.717) is 0 Å². The Morgan fingerprint density at radius 2 is 2.27 bits per heavy atom. The molecule has 0 saturated heterocycles. The summed E-state index contributed by atoms with van der Waals surface area (Å²) >= 11 is 0. The number of nitrogens with zero attached hydrogens (tertiary/aromatic N) is 5. The Kier molecular flexibility index (Phi) is 7.89. The van der Waals surface area contributed by atoms with Gasteiger partial charge in [-0.3, -0.25) is 9.67 Å². The number of hydrogen-bond donors (Lipinski definition) is 1. The number of hydrogen-bond acceptors (Lipinski definition) is 4. The second kappa shape index (κ2) is 10.1. The first-order valence-corrected chi connectivity index (χ1v) is 8.41. The minimum atomic E-state index is 0. The molecule has 0 unspecified atom stereocenters. The molecule has 8 heteroatoms. The number of nitrogens with one attached hydrogen (secondary N) is 1. The summed E-state index contributed by atoms with van der Waals surface area (Å²) in [4.78, 5) is 10.6. The van der Waals surface area contributed by atoms with Gasteiger partial charge in [-0.25, -0.2) is 4.98 Å². The maximum atomic E-state index is 5.32. The van der Waals surface area contributed by atoms with Gasteiger partial charge in [-0.2, -0.15) is 5.10 Å². The van der Waals surface area contributed by atoms with E-state index in [0.717, 1.165) is 44.3 Å². The van der Waals surface area contributed by atoms with Gasteiger partial charge in [-0.1, -0.05) is 18.2 Å². The lowest BCUT2D eigenvalue weighted by atomic mass is 9.99. The van der Waals surface area contributed by atoms with Gasteiger partial charge in [0.15, 0.2) is 5.96 Å². The predicted octanol–water partition coefficient (Wildman–Crippen LogP) is 2.27. The third kappa shape index (κ3) is 5.20. The minimum absolute atomic E-state index is 0. The molecule has 140 valence electrons. The Hall–Kier alpha value is -2.10. The molecule has 0 spiro atoms. The molecule has 0 bridgehead atoms. The van der Waals surface area contributed by atoms with Gasteiger partial charge in [0.05, 0.1) is 13.7 Å². The van der Waals surface area contributed by atoms with Crippen LogP contribution < -0.4 is 10.1 Å². The van der Waals surface area contributed by atoms with E-state index in [1.54, 1.807) is 24.4 Å². The summed E-state index contributed by atoms with van der Waals surface area (Å²) in [6.45, 7) is 3.30. The van der Waals surface area contributed by atoms with Crippen LogP contribution in [-0.4, -0.2) is 59.4 Å². The molecule has 0 saturated carbocycles. The fourth-order valence-corrected chi connectivity index (χ4v) is 2.91. The van der Waals surface area contributed by atoms with Gasteiger partial charge in [0.25, 0.3) is 0 Å². The van der Waals surface area contributed by atoms with Crippen LogP contribution in [0.2, 0.25) is 0 Å². The van der Waals surface area contributed by atoms with E-state index < -0.39 is 0 Å². The van der Waals surface area contributed by atoms with E-state index in [2.05, 4.69) is 43.5 Å². The first-order chi connectivity index (χ1) is 12.3. The van der Waals surface area contributed by atoms with Crippen molar-refractivity contribution in [3.8, 4) is 5.75 Å². The fraction of sp³-hybridized carbons (Fsp3) is 0.389. The van der Waals surface area contributed by atoms with Crippen LogP contribution >= 0.6 is 24.0 Å². The zero-order valence-corrected chi connectivity index (χ0v) is 17.5. The smallest absolute Gasteiger partial charge is 0.194 e. The molecule has 1 aromatic carbocycles. The predicted molar refractivity (Wildman–Crippen MR) is 114 cm³/mol. The highest BCUT2D eigenvalue weighted by Crippen LogP contribution is 2.25. The van der Waals surface area contributed by atoms with Crippen LogP contribution in [0.3, 0.4) is 0 Å². The number of aliphatic imine (C=N–C) groups is 1. The molecule has 7 nitrogen and oxygen atoms in total. The molecule has 1 aliphatic heterocycles. The first kappa shape index (κ1) is 20.2. The van der Waals surface area contributed by atoms with Crippen LogP contribution in [0, 0.1) is 0 Å². The van der Waals surface area contributed by atoms with Crippen molar-refractivity contribution < 1.29 is 4.74 Å². The molecule has 1 aromatic heterocycles. The number of halogens is 1. The Bertz CT molecular complexity index is 744. The maximum Gasteiger partial charge on any atom is 0.194 e. The van der Waals surface area contributed by atoms with E-state index in [-0.39, 0.29) is 24.0 Å². The average molecular weight is 468 g/mol. The molecule has 0 aliphatic carbocycles. The largest absolute Gasteiger partial charge is 0.497 e. The molecule has 0 fully saturated rings. The lowest BCUT2D eigenvalue weighted by Gasteiger charge is -2.29. The summed E-state index contributed by atoms with van der Waals surface area (Å²) in [6, 6.07) is 8.23. The summed E-state index contributed by atoms with van der Waals surface area (Å²) in [5.74, 6) is 1.81. The molecule has 0 radical (unpaired) electrons. The van der Waals surface area contributed by atoms with E-state index in [1.807, 2.05) is 19.2 Å². The molecule has 2 heterocycles. The van der Waals surface area contributed by atoms with Crippen LogP contribution in [0.5, 0.6) is 5.75 Å². The van der Waals surface area contributed by atoms with Gasteiger partial charge in [0.1, 0.15) is 18.4 Å². The molecule has 0 atom stereocenters. The van der Waals surface area contributed by atoms with Crippen molar-refractivity contribution in [2.75, 3.05) is 33.8 Å². The van der Waals surface area contributed by atoms with Crippen molar-refractivity contribution in [2.24, 2.45) is 4.99 Å². The number of rotatable bonds is 5. The second-order valence-corrected chi connectivity index (χ2v) is 5.79. The fourth-order valence-electron chi connectivity index (χ4n) is 2.91. The Morgan fingerprint density at radius 1 is 1.38 bits per heavy atom. The number of methoxy groups -OCH3 is 1. The number of guanidine groups is 1. The van der Waals surface area contributed by atoms with Crippen LogP contribution in [0.15, 0.2) is 48.0 Å². The number of ether oxygens (including phenoxy) is 1. The topological polar surface area (TPSA) is 67.6 Å². The molecule has 1 N–H and O–H groups in total. The van der Waals surface area contributed by atoms with Crippen molar-refractivity contribution in [3.63, 3.8) is 0 Å². The highest BCUT2D eigenvalue weighted by Gasteiger charge is 2.16. The SMILES string of the molecule is CN=C(NCCn1cncn1)N1CC=C(c2cccc(OC)c2)CC1.I. The zero-order chi connectivity index (χ0) is 17.5. The van der Waals surface area contributed by atoms with Crippen molar-refractivity contribution in [1.29, 1.82) is 0 Å². The molecule has 3 rings (SSSR count). The van der Waals surface area contributed by atoms with Crippen LogP contribution in [0.25, 0.3) is 5.57 Å². The van der Waals surface area contributed by atoms with Gasteiger partial charge in [0.2, 0.25) is 0 Å². The van der Waals surface area contributed by atoms with E-state index in [1.165, 1.54) is 11.1 Å². The van der Waals surface area contributed by atoms with E-state index in [4.69, 9.17) is 4.74 Å². The summed E-state index contributed by atoms with van der Waals surface area (Å²) in [6.07, 6.45) is 6.51. The van der Waals surface area contributed by atoms with Gasteiger partial charge < -0.3 is 15.0 Å². The van der Waals surface area contributed by atoms with Crippen molar-refractivity contribution >= 4 is 35.5 Å². The number of benzene rings is 1. The highest BCUT2D eigenvalue weighted by atomic mass is 127. The van der Waals surface area contributed by atoms with Crippen molar-refractivity contribution in [3.05, 3.63) is 48.6 Å².